The molecule has 0 aromatic heterocycles. The van der Waals surface area contributed by atoms with Crippen LogP contribution in [0.25, 0.3) is 0 Å². The number of hydrogen-bond donors (Lipinski definition) is 0. The van der Waals surface area contributed by atoms with E-state index in [9.17, 15) is 19.2 Å². The Balaban J connectivity index is 2.04. The molecule has 12 heteroatoms. The minimum Gasteiger partial charge on any atom is -0.469 e. The molecule has 2 heterocycles. The van der Waals surface area contributed by atoms with Crippen LogP contribution in [0.2, 0.25) is 0 Å². The molecule has 0 saturated carbocycles. The van der Waals surface area contributed by atoms with Crippen molar-refractivity contribution in [3.63, 3.8) is 0 Å². The van der Waals surface area contributed by atoms with Crippen molar-refractivity contribution in [1.82, 2.24) is 9.80 Å². The summed E-state index contributed by atoms with van der Waals surface area (Å²) in [7, 11) is 2.60. The smallest absolute Gasteiger partial charge is 0.305 e. The largest absolute Gasteiger partial charge is 0.469 e. The monoisotopic (exact) mass is 462 g/mol. The van der Waals surface area contributed by atoms with Gasteiger partial charge >= 0.3 is 11.9 Å². The summed E-state index contributed by atoms with van der Waals surface area (Å²) in [4.78, 5) is 51.1. The number of thiocarbonyl (C=S) groups is 2. The summed E-state index contributed by atoms with van der Waals surface area (Å²) >= 11 is 12.6. The van der Waals surface area contributed by atoms with E-state index in [-0.39, 0.29) is 59.5 Å². The van der Waals surface area contributed by atoms with E-state index in [1.165, 1.54) is 24.0 Å². The first-order valence-corrected chi connectivity index (χ1v) is 10.7. The molecule has 28 heavy (non-hydrogen) atoms. The Hall–Kier alpha value is -1.50. The van der Waals surface area contributed by atoms with Gasteiger partial charge in [0.1, 0.15) is 8.64 Å². The second-order valence-corrected chi connectivity index (χ2v) is 8.96. The fraction of sp³-hybridized carbons (Fsp3) is 0.500. The third kappa shape index (κ3) is 5.31. The van der Waals surface area contributed by atoms with Gasteiger partial charge in [0, 0.05) is 25.9 Å². The van der Waals surface area contributed by atoms with Gasteiger partial charge < -0.3 is 9.47 Å². The van der Waals surface area contributed by atoms with Gasteiger partial charge in [-0.05, 0) is 12.8 Å². The zero-order valence-electron chi connectivity index (χ0n) is 15.2. The molecule has 2 fully saturated rings. The van der Waals surface area contributed by atoms with E-state index in [0.717, 1.165) is 23.5 Å². The van der Waals surface area contributed by atoms with Crippen molar-refractivity contribution in [3.05, 3.63) is 9.81 Å². The van der Waals surface area contributed by atoms with E-state index >= 15 is 0 Å². The van der Waals surface area contributed by atoms with Crippen LogP contribution < -0.4 is 0 Å². The average Bonchev–Trinajstić information content (AvgIpc) is 3.11. The number of ether oxygens (including phenoxy) is 2. The summed E-state index contributed by atoms with van der Waals surface area (Å²) < 4.78 is 9.82. The molecule has 2 rings (SSSR count). The second kappa shape index (κ2) is 10.3. The van der Waals surface area contributed by atoms with Gasteiger partial charge in [-0.2, -0.15) is 0 Å². The van der Waals surface area contributed by atoms with Crippen molar-refractivity contribution < 1.29 is 28.7 Å². The molecule has 2 saturated heterocycles. The van der Waals surface area contributed by atoms with Crippen molar-refractivity contribution in [2.24, 2.45) is 0 Å². The lowest BCUT2D eigenvalue weighted by Crippen LogP contribution is -2.31. The summed E-state index contributed by atoms with van der Waals surface area (Å²) in [5.41, 5.74) is 0. The number of esters is 2. The van der Waals surface area contributed by atoms with E-state index in [4.69, 9.17) is 24.4 Å². The highest BCUT2D eigenvalue weighted by Crippen LogP contribution is 2.42. The summed E-state index contributed by atoms with van der Waals surface area (Å²) in [5, 5.41) is 0. The minimum absolute atomic E-state index is 0.172. The van der Waals surface area contributed by atoms with Crippen LogP contribution in [0.15, 0.2) is 9.81 Å². The lowest BCUT2D eigenvalue weighted by Gasteiger charge is -2.14. The molecule has 0 aromatic rings. The number of nitrogens with zero attached hydrogens (tertiary/aromatic N) is 2. The molecule has 2 aliphatic heterocycles. The molecule has 0 atom stereocenters. The molecule has 152 valence electrons. The summed E-state index contributed by atoms with van der Waals surface area (Å²) in [5.74, 6) is -1.46. The molecule has 0 radical (unpaired) electrons. The van der Waals surface area contributed by atoms with Crippen LogP contribution in [0.1, 0.15) is 25.7 Å². The van der Waals surface area contributed by atoms with Crippen molar-refractivity contribution in [2.75, 3.05) is 27.3 Å². The van der Waals surface area contributed by atoms with Crippen molar-refractivity contribution in [1.29, 1.82) is 0 Å². The molecule has 0 aromatic carbocycles. The number of methoxy groups -OCH3 is 2. The van der Waals surface area contributed by atoms with Gasteiger partial charge in [-0.25, -0.2) is 0 Å². The highest BCUT2D eigenvalue weighted by atomic mass is 32.2. The molecule has 0 spiro atoms. The summed E-state index contributed by atoms with van der Waals surface area (Å²) in [6.45, 7) is 0.533. The van der Waals surface area contributed by atoms with Crippen LogP contribution in [0.3, 0.4) is 0 Å². The van der Waals surface area contributed by atoms with Crippen LogP contribution >= 0.6 is 48.0 Å². The topological polar surface area (TPSA) is 93.2 Å². The maximum absolute atomic E-state index is 12.7. The molecular formula is C16H18N2O6S4. The second-order valence-electron chi connectivity index (χ2n) is 5.67. The van der Waals surface area contributed by atoms with Crippen LogP contribution in [-0.4, -0.2) is 69.5 Å². The lowest BCUT2D eigenvalue weighted by atomic mass is 10.3. The minimum atomic E-state index is -0.366. The zero-order chi connectivity index (χ0) is 20.8. The number of carbonyl (C=O) groups is 4. The van der Waals surface area contributed by atoms with Crippen LogP contribution in [0.5, 0.6) is 0 Å². The Kier molecular flexibility index (Phi) is 8.40. The fourth-order valence-electron chi connectivity index (χ4n) is 2.42. The molecule has 8 nitrogen and oxygen atoms in total. The number of amides is 2. The summed E-state index contributed by atoms with van der Waals surface area (Å²) in [6.07, 6.45) is 1.15. The highest BCUT2D eigenvalue weighted by Gasteiger charge is 2.41. The normalized spacial score (nSPS) is 19.6. The van der Waals surface area contributed by atoms with Gasteiger partial charge in [0.2, 0.25) is 0 Å². The predicted octanol–water partition coefficient (Wildman–Crippen LogP) is 1.82. The SMILES string of the molecule is COC(=O)CCCN1C(=O)C(=C2SC(=S)N(CCCC(=O)OC)C2=O)SC1=S. The number of thioether (sulfide) groups is 2. The molecule has 0 aliphatic carbocycles. The third-order valence-electron chi connectivity index (χ3n) is 3.89. The first-order chi connectivity index (χ1) is 13.3. The Morgan fingerprint density at radius 1 is 0.821 bits per heavy atom. The Morgan fingerprint density at radius 2 is 1.18 bits per heavy atom. The van der Waals surface area contributed by atoms with Crippen LogP contribution in [-0.2, 0) is 28.7 Å². The Morgan fingerprint density at radius 3 is 1.50 bits per heavy atom. The first-order valence-electron chi connectivity index (χ1n) is 8.25. The Bertz CT molecular complexity index is 704. The standard InChI is InChI=1S/C16H18N2O6S4/c1-23-9(19)5-3-7-17-13(21)11(27-15(17)25)12-14(22)18(16(26)28-12)8-4-6-10(20)24-2/h3-8H2,1-2H3. The predicted molar refractivity (Wildman–Crippen MR) is 113 cm³/mol. The van der Waals surface area contributed by atoms with E-state index in [0.29, 0.717) is 21.5 Å². The van der Waals surface area contributed by atoms with Crippen LogP contribution in [0, 0.1) is 0 Å². The van der Waals surface area contributed by atoms with Gasteiger partial charge in [-0.3, -0.25) is 29.0 Å². The molecule has 2 aliphatic rings. The van der Waals surface area contributed by atoms with Gasteiger partial charge in [0.15, 0.2) is 0 Å². The number of hydrogen-bond acceptors (Lipinski definition) is 10. The van der Waals surface area contributed by atoms with Gasteiger partial charge in [-0.15, -0.1) is 0 Å². The first kappa shape index (κ1) is 22.8. The summed E-state index contributed by atoms with van der Waals surface area (Å²) in [6, 6.07) is 0. The average molecular weight is 463 g/mol. The molecule has 2 amide bonds. The number of carbonyl (C=O) groups excluding carboxylic acids is 4. The lowest BCUT2D eigenvalue weighted by molar-refractivity contribution is -0.141. The van der Waals surface area contributed by atoms with Gasteiger partial charge in [0.25, 0.3) is 11.8 Å². The fourth-order valence-corrected chi connectivity index (χ4v) is 5.19. The maximum atomic E-state index is 12.7. The van der Waals surface area contributed by atoms with E-state index in [1.54, 1.807) is 0 Å². The zero-order valence-corrected chi connectivity index (χ0v) is 18.5. The van der Waals surface area contributed by atoms with Gasteiger partial charge in [-0.1, -0.05) is 48.0 Å². The number of rotatable bonds is 8. The maximum Gasteiger partial charge on any atom is 0.305 e. The molecule has 0 unspecified atom stereocenters. The quantitative estimate of drug-likeness (QED) is 0.302. The van der Waals surface area contributed by atoms with E-state index < -0.39 is 0 Å². The van der Waals surface area contributed by atoms with E-state index in [1.807, 2.05) is 0 Å². The van der Waals surface area contributed by atoms with Gasteiger partial charge in [0.05, 0.1) is 24.0 Å². The Labute approximate surface area is 181 Å². The molecular weight excluding hydrogens is 444 g/mol. The molecule has 0 bridgehead atoms. The highest BCUT2D eigenvalue weighted by molar-refractivity contribution is 8.29. The van der Waals surface area contributed by atoms with Crippen molar-refractivity contribution in [3.8, 4) is 0 Å². The third-order valence-corrected chi connectivity index (χ3v) is 6.91. The van der Waals surface area contributed by atoms with Crippen LogP contribution in [0.4, 0.5) is 0 Å². The van der Waals surface area contributed by atoms with Crippen molar-refractivity contribution in [2.45, 2.75) is 25.7 Å². The molecule has 0 N–H and O–H groups in total. The van der Waals surface area contributed by atoms with Crippen molar-refractivity contribution >= 4 is 80.4 Å². The van der Waals surface area contributed by atoms with E-state index in [2.05, 4.69) is 9.47 Å².